The van der Waals surface area contributed by atoms with E-state index in [4.69, 9.17) is 4.74 Å². The molecule has 2 N–H and O–H groups in total. The lowest BCUT2D eigenvalue weighted by atomic mass is 10.2. The Bertz CT molecular complexity index is 1000. The van der Waals surface area contributed by atoms with Crippen molar-refractivity contribution in [1.29, 1.82) is 0 Å². The van der Waals surface area contributed by atoms with Crippen molar-refractivity contribution in [3.05, 3.63) is 48.0 Å². The highest BCUT2D eigenvalue weighted by molar-refractivity contribution is 7.92. The van der Waals surface area contributed by atoms with Crippen molar-refractivity contribution in [3.63, 3.8) is 0 Å². The second-order valence-electron chi connectivity index (χ2n) is 6.47. The molecule has 0 aliphatic carbocycles. The molecule has 8 heteroatoms. The third kappa shape index (κ3) is 4.28. The average Bonchev–Trinajstić information content (AvgIpc) is 2.60. The standard InChI is InChI=1S/C19H20N2O5S/c1-12-4-3-5-14(8-12)20-18(22)9-13(2)27(24,25)15-6-7-17-16(10-15)21-19(23)11-26-17/h3-8,10,13H,9,11H2,1-2H3,(H,20,22)(H,21,23)/t13-/m0/s1. The molecule has 7 nitrogen and oxygen atoms in total. The van der Waals surface area contributed by atoms with Crippen LogP contribution < -0.4 is 15.4 Å². The predicted octanol–water partition coefficient (Wildman–Crippen LogP) is 2.52. The van der Waals surface area contributed by atoms with E-state index in [-0.39, 0.29) is 29.7 Å². The molecule has 1 aliphatic rings. The number of aryl methyl sites for hydroxylation is 1. The van der Waals surface area contributed by atoms with Crippen molar-refractivity contribution < 1.29 is 22.7 Å². The van der Waals surface area contributed by atoms with Crippen LogP contribution in [-0.4, -0.2) is 32.1 Å². The molecule has 3 rings (SSSR count). The Kier molecular flexibility index (Phi) is 5.18. The van der Waals surface area contributed by atoms with Crippen molar-refractivity contribution in [1.82, 2.24) is 0 Å². The third-order valence-corrected chi connectivity index (χ3v) is 6.35. The molecule has 2 aromatic carbocycles. The molecule has 1 heterocycles. The lowest BCUT2D eigenvalue weighted by Gasteiger charge is -2.19. The first kappa shape index (κ1) is 18.9. The predicted molar refractivity (Wildman–Crippen MR) is 102 cm³/mol. The number of sulfone groups is 1. The smallest absolute Gasteiger partial charge is 0.262 e. The van der Waals surface area contributed by atoms with Crippen LogP contribution in [0.3, 0.4) is 0 Å². The van der Waals surface area contributed by atoms with Crippen LogP contribution in [0.4, 0.5) is 11.4 Å². The van der Waals surface area contributed by atoms with E-state index in [1.54, 1.807) is 6.07 Å². The maximum absolute atomic E-state index is 12.8. The zero-order chi connectivity index (χ0) is 19.6. The van der Waals surface area contributed by atoms with Gasteiger partial charge in [-0.2, -0.15) is 0 Å². The average molecular weight is 388 g/mol. The van der Waals surface area contributed by atoms with Gasteiger partial charge in [0, 0.05) is 12.1 Å². The van der Waals surface area contributed by atoms with E-state index in [1.165, 1.54) is 25.1 Å². The number of nitrogens with one attached hydrogen (secondary N) is 2. The SMILES string of the molecule is Cc1cccc(NC(=O)C[C@H](C)S(=O)(=O)c2ccc3c(c2)NC(=O)CO3)c1. The fourth-order valence-electron chi connectivity index (χ4n) is 2.78. The molecular formula is C19H20N2O5S. The van der Waals surface area contributed by atoms with E-state index >= 15 is 0 Å². The zero-order valence-electron chi connectivity index (χ0n) is 15.0. The Morgan fingerprint density at radius 2 is 2.04 bits per heavy atom. The molecule has 1 aliphatic heterocycles. The molecular weight excluding hydrogens is 368 g/mol. The topological polar surface area (TPSA) is 102 Å². The summed E-state index contributed by atoms with van der Waals surface area (Å²) in [6.07, 6.45) is -0.184. The van der Waals surface area contributed by atoms with E-state index in [9.17, 15) is 18.0 Å². The fourth-order valence-corrected chi connectivity index (χ4v) is 4.15. The molecule has 2 aromatic rings. The van der Waals surface area contributed by atoms with Gasteiger partial charge in [0.15, 0.2) is 16.4 Å². The van der Waals surface area contributed by atoms with Crippen molar-refractivity contribution >= 4 is 33.0 Å². The van der Waals surface area contributed by atoms with Gasteiger partial charge >= 0.3 is 0 Å². The third-order valence-electron chi connectivity index (χ3n) is 4.22. The van der Waals surface area contributed by atoms with Gasteiger partial charge in [0.2, 0.25) is 5.91 Å². The lowest BCUT2D eigenvalue weighted by molar-refractivity contribution is -0.118. The van der Waals surface area contributed by atoms with Crippen molar-refractivity contribution in [2.45, 2.75) is 30.4 Å². The Morgan fingerprint density at radius 1 is 1.26 bits per heavy atom. The quantitative estimate of drug-likeness (QED) is 0.820. The van der Waals surface area contributed by atoms with Gasteiger partial charge in [-0.05, 0) is 49.7 Å². The van der Waals surface area contributed by atoms with Crippen LogP contribution in [0.1, 0.15) is 18.9 Å². The minimum atomic E-state index is -3.75. The molecule has 0 fully saturated rings. The number of ether oxygens (including phenoxy) is 1. The maximum atomic E-state index is 12.8. The number of rotatable bonds is 5. The zero-order valence-corrected chi connectivity index (χ0v) is 15.8. The van der Waals surface area contributed by atoms with Crippen LogP contribution >= 0.6 is 0 Å². The number of carbonyl (C=O) groups excluding carboxylic acids is 2. The van der Waals surface area contributed by atoms with Crippen LogP contribution in [0.2, 0.25) is 0 Å². The summed E-state index contributed by atoms with van der Waals surface area (Å²) < 4.78 is 30.8. The summed E-state index contributed by atoms with van der Waals surface area (Å²) in [5.74, 6) is -0.313. The van der Waals surface area contributed by atoms with Crippen molar-refractivity contribution in [2.24, 2.45) is 0 Å². The van der Waals surface area contributed by atoms with Crippen molar-refractivity contribution in [2.75, 3.05) is 17.2 Å². The van der Waals surface area contributed by atoms with Gasteiger partial charge < -0.3 is 15.4 Å². The van der Waals surface area contributed by atoms with Crippen LogP contribution in [0, 0.1) is 6.92 Å². The van der Waals surface area contributed by atoms with Gasteiger partial charge in [0.05, 0.1) is 15.8 Å². The minimum absolute atomic E-state index is 0.0305. The van der Waals surface area contributed by atoms with Gasteiger partial charge in [0.1, 0.15) is 5.75 Å². The summed E-state index contributed by atoms with van der Waals surface area (Å²) in [7, 11) is -3.75. The monoisotopic (exact) mass is 388 g/mol. The second kappa shape index (κ2) is 7.40. The molecule has 1 atom stereocenters. The Morgan fingerprint density at radius 3 is 2.78 bits per heavy atom. The van der Waals surface area contributed by atoms with Crippen LogP contribution in [0.5, 0.6) is 5.75 Å². The molecule has 0 unspecified atom stereocenters. The molecule has 0 spiro atoms. The molecule has 0 radical (unpaired) electrons. The Labute approximate surface area is 157 Å². The van der Waals surface area contributed by atoms with E-state index in [1.807, 2.05) is 25.1 Å². The molecule has 0 bridgehead atoms. The van der Waals surface area contributed by atoms with Gasteiger partial charge in [0.25, 0.3) is 5.91 Å². The summed E-state index contributed by atoms with van der Waals surface area (Å²) in [4.78, 5) is 23.7. The molecule has 0 aromatic heterocycles. The maximum Gasteiger partial charge on any atom is 0.262 e. The Hall–Kier alpha value is -2.87. The summed E-state index contributed by atoms with van der Waals surface area (Å²) in [6, 6.07) is 11.5. The number of fused-ring (bicyclic) bond motifs is 1. The first-order chi connectivity index (χ1) is 12.8. The largest absolute Gasteiger partial charge is 0.482 e. The molecule has 0 saturated carbocycles. The summed E-state index contributed by atoms with van der Waals surface area (Å²) >= 11 is 0. The second-order valence-corrected chi connectivity index (χ2v) is 8.84. The van der Waals surface area contributed by atoms with E-state index in [0.717, 1.165) is 5.56 Å². The summed E-state index contributed by atoms with van der Waals surface area (Å²) in [5.41, 5.74) is 1.92. The van der Waals surface area contributed by atoms with Crippen LogP contribution in [0.15, 0.2) is 47.4 Å². The molecule has 0 saturated heterocycles. The highest BCUT2D eigenvalue weighted by Gasteiger charge is 2.27. The van der Waals surface area contributed by atoms with E-state index < -0.39 is 15.1 Å². The van der Waals surface area contributed by atoms with Crippen LogP contribution in [-0.2, 0) is 19.4 Å². The molecule has 2 amide bonds. The van der Waals surface area contributed by atoms with Crippen molar-refractivity contribution in [3.8, 4) is 5.75 Å². The number of benzene rings is 2. The van der Waals surface area contributed by atoms with Crippen LogP contribution in [0.25, 0.3) is 0 Å². The number of hydrogen-bond acceptors (Lipinski definition) is 5. The van der Waals surface area contributed by atoms with Gasteiger partial charge in [-0.25, -0.2) is 8.42 Å². The summed E-state index contributed by atoms with van der Waals surface area (Å²) in [6.45, 7) is 3.29. The highest BCUT2D eigenvalue weighted by Crippen LogP contribution is 2.31. The van der Waals surface area contributed by atoms with Gasteiger partial charge in [-0.3, -0.25) is 9.59 Å². The minimum Gasteiger partial charge on any atom is -0.482 e. The first-order valence-corrected chi connectivity index (χ1v) is 9.97. The molecule has 27 heavy (non-hydrogen) atoms. The Balaban J connectivity index is 1.73. The number of amides is 2. The van der Waals surface area contributed by atoms with Gasteiger partial charge in [-0.15, -0.1) is 0 Å². The van der Waals surface area contributed by atoms with Gasteiger partial charge in [-0.1, -0.05) is 12.1 Å². The van der Waals surface area contributed by atoms with E-state index in [2.05, 4.69) is 10.6 Å². The summed E-state index contributed by atoms with van der Waals surface area (Å²) in [5, 5.41) is 4.36. The highest BCUT2D eigenvalue weighted by atomic mass is 32.2. The molecule has 142 valence electrons. The lowest BCUT2D eigenvalue weighted by Crippen LogP contribution is -2.27. The number of carbonyl (C=O) groups is 2. The normalized spacial score (nSPS) is 14.5. The number of hydrogen-bond donors (Lipinski definition) is 2. The first-order valence-electron chi connectivity index (χ1n) is 8.43. The fraction of sp³-hybridized carbons (Fsp3) is 0.263. The number of anilines is 2. The van der Waals surface area contributed by atoms with E-state index in [0.29, 0.717) is 17.1 Å².